The Morgan fingerprint density at radius 1 is 1.16 bits per heavy atom. The van der Waals surface area contributed by atoms with E-state index < -0.39 is 10.0 Å². The van der Waals surface area contributed by atoms with Gasteiger partial charge in [-0.3, -0.25) is 4.79 Å². The standard InChI is InChI=1S/C24H29N3O4S/c1-15(2)27(14-19-12-18-11-16(3)10-17(4)23(18)25-24(19)28)32(29,30)20-6-7-21-22(13-20)31-9-8-26(21)5/h6-7,10-13,15H,8-9,14H2,1-5H3,(H,25,28). The summed E-state index contributed by atoms with van der Waals surface area (Å²) in [5.74, 6) is 0.554. The summed E-state index contributed by atoms with van der Waals surface area (Å²) < 4.78 is 34.2. The molecule has 0 saturated carbocycles. The molecule has 32 heavy (non-hydrogen) atoms. The molecule has 1 aliphatic rings. The van der Waals surface area contributed by atoms with Gasteiger partial charge in [-0.1, -0.05) is 11.6 Å². The van der Waals surface area contributed by atoms with Crippen LogP contribution in [0.5, 0.6) is 5.75 Å². The molecular formula is C24H29N3O4S. The molecule has 2 aromatic carbocycles. The number of sulfonamides is 1. The second-order valence-corrected chi connectivity index (χ2v) is 10.6. The van der Waals surface area contributed by atoms with Crippen molar-refractivity contribution in [1.82, 2.24) is 9.29 Å². The number of ether oxygens (including phenoxy) is 1. The molecule has 0 spiro atoms. The van der Waals surface area contributed by atoms with Crippen LogP contribution in [-0.4, -0.2) is 43.9 Å². The van der Waals surface area contributed by atoms with E-state index in [1.54, 1.807) is 24.3 Å². The van der Waals surface area contributed by atoms with E-state index in [0.29, 0.717) is 17.9 Å². The van der Waals surface area contributed by atoms with Crippen LogP contribution in [0.3, 0.4) is 0 Å². The third-order valence-electron chi connectivity index (χ3n) is 5.91. The minimum atomic E-state index is -3.85. The van der Waals surface area contributed by atoms with Crippen molar-refractivity contribution >= 4 is 26.6 Å². The molecule has 0 unspecified atom stereocenters. The van der Waals surface area contributed by atoms with E-state index in [0.717, 1.165) is 34.3 Å². The Labute approximate surface area is 188 Å². The number of pyridine rings is 1. The molecule has 0 bridgehead atoms. The van der Waals surface area contributed by atoms with Crippen LogP contribution < -0.4 is 15.2 Å². The van der Waals surface area contributed by atoms with Crippen LogP contribution in [-0.2, 0) is 16.6 Å². The van der Waals surface area contributed by atoms with E-state index >= 15 is 0 Å². The minimum Gasteiger partial charge on any atom is -0.490 e. The van der Waals surface area contributed by atoms with Crippen molar-refractivity contribution in [2.24, 2.45) is 0 Å². The monoisotopic (exact) mass is 455 g/mol. The molecule has 0 aliphatic carbocycles. The average molecular weight is 456 g/mol. The van der Waals surface area contributed by atoms with Crippen molar-refractivity contribution in [2.75, 3.05) is 25.1 Å². The second kappa shape index (κ2) is 8.26. The zero-order valence-corrected chi connectivity index (χ0v) is 19.9. The fourth-order valence-corrected chi connectivity index (χ4v) is 5.83. The molecular weight excluding hydrogens is 426 g/mol. The number of hydrogen-bond acceptors (Lipinski definition) is 5. The average Bonchev–Trinajstić information content (AvgIpc) is 2.72. The summed E-state index contributed by atoms with van der Waals surface area (Å²) in [5.41, 5.74) is 3.84. The van der Waals surface area contributed by atoms with Crippen LogP contribution in [0.4, 0.5) is 5.69 Å². The zero-order chi connectivity index (χ0) is 23.2. The number of aryl methyl sites for hydroxylation is 2. The summed E-state index contributed by atoms with van der Waals surface area (Å²) >= 11 is 0. The highest BCUT2D eigenvalue weighted by atomic mass is 32.2. The molecule has 7 nitrogen and oxygen atoms in total. The quantitative estimate of drug-likeness (QED) is 0.636. The van der Waals surface area contributed by atoms with Crippen molar-refractivity contribution in [2.45, 2.75) is 45.2 Å². The van der Waals surface area contributed by atoms with Gasteiger partial charge in [0, 0.05) is 31.3 Å². The molecule has 8 heteroatoms. The summed E-state index contributed by atoms with van der Waals surface area (Å²) in [6.45, 7) is 8.81. The van der Waals surface area contributed by atoms with Gasteiger partial charge in [-0.2, -0.15) is 4.31 Å². The molecule has 170 valence electrons. The highest BCUT2D eigenvalue weighted by molar-refractivity contribution is 7.89. The molecule has 3 aromatic rings. The lowest BCUT2D eigenvalue weighted by Crippen LogP contribution is -2.38. The van der Waals surface area contributed by atoms with E-state index in [4.69, 9.17) is 4.74 Å². The van der Waals surface area contributed by atoms with E-state index in [2.05, 4.69) is 4.98 Å². The predicted octanol–water partition coefficient (Wildman–Crippen LogP) is 3.57. The molecule has 0 saturated heterocycles. The van der Waals surface area contributed by atoms with Gasteiger partial charge < -0.3 is 14.6 Å². The molecule has 1 aromatic heterocycles. The van der Waals surface area contributed by atoms with Gasteiger partial charge in [-0.05, 0) is 62.9 Å². The molecule has 0 fully saturated rings. The normalized spacial score (nSPS) is 14.2. The third-order valence-corrected chi connectivity index (χ3v) is 7.92. The van der Waals surface area contributed by atoms with Crippen LogP contribution in [0.1, 0.15) is 30.5 Å². The van der Waals surface area contributed by atoms with E-state index in [-0.39, 0.29) is 23.0 Å². The number of aromatic amines is 1. The van der Waals surface area contributed by atoms with Crippen molar-refractivity contribution < 1.29 is 13.2 Å². The Balaban J connectivity index is 1.74. The van der Waals surface area contributed by atoms with Crippen LogP contribution in [0, 0.1) is 13.8 Å². The molecule has 1 N–H and O–H groups in total. The van der Waals surface area contributed by atoms with Crippen LogP contribution in [0.15, 0.2) is 46.1 Å². The number of likely N-dealkylation sites (N-methyl/N-ethyl adjacent to an activating group) is 1. The van der Waals surface area contributed by atoms with Gasteiger partial charge >= 0.3 is 0 Å². The maximum atomic E-state index is 13.6. The highest BCUT2D eigenvalue weighted by Crippen LogP contribution is 2.34. The maximum absolute atomic E-state index is 13.6. The number of hydrogen-bond donors (Lipinski definition) is 1. The van der Waals surface area contributed by atoms with Gasteiger partial charge in [-0.25, -0.2) is 8.42 Å². The Hall–Kier alpha value is -2.84. The summed E-state index contributed by atoms with van der Waals surface area (Å²) in [5, 5.41) is 0.892. The fraction of sp³-hybridized carbons (Fsp3) is 0.375. The van der Waals surface area contributed by atoms with Crippen molar-refractivity contribution in [3.8, 4) is 5.75 Å². The van der Waals surface area contributed by atoms with Gasteiger partial charge in [0.05, 0.1) is 22.6 Å². The van der Waals surface area contributed by atoms with E-state index in [1.807, 2.05) is 51.8 Å². The van der Waals surface area contributed by atoms with Gasteiger partial charge in [-0.15, -0.1) is 0 Å². The Kier molecular flexibility index (Phi) is 5.77. The molecule has 2 heterocycles. The first-order chi connectivity index (χ1) is 15.1. The van der Waals surface area contributed by atoms with Crippen LogP contribution in [0.25, 0.3) is 10.9 Å². The van der Waals surface area contributed by atoms with Gasteiger partial charge in [0.15, 0.2) is 0 Å². The van der Waals surface area contributed by atoms with Crippen LogP contribution >= 0.6 is 0 Å². The molecule has 4 rings (SSSR count). The van der Waals surface area contributed by atoms with Crippen molar-refractivity contribution in [3.05, 3.63) is 63.4 Å². The predicted molar refractivity (Wildman–Crippen MR) is 127 cm³/mol. The number of aromatic nitrogens is 1. The Morgan fingerprint density at radius 3 is 2.62 bits per heavy atom. The van der Waals surface area contributed by atoms with Crippen LogP contribution in [0.2, 0.25) is 0 Å². The number of H-pyrrole nitrogens is 1. The van der Waals surface area contributed by atoms with E-state index in [1.165, 1.54) is 4.31 Å². The largest absolute Gasteiger partial charge is 0.490 e. The number of rotatable bonds is 5. The number of anilines is 1. The molecule has 1 aliphatic heterocycles. The van der Waals surface area contributed by atoms with Crippen molar-refractivity contribution in [1.29, 1.82) is 0 Å². The summed E-state index contributed by atoms with van der Waals surface area (Å²) in [6.07, 6.45) is 0. The lowest BCUT2D eigenvalue weighted by molar-refractivity contribution is 0.309. The van der Waals surface area contributed by atoms with E-state index in [9.17, 15) is 13.2 Å². The zero-order valence-electron chi connectivity index (χ0n) is 19.1. The topological polar surface area (TPSA) is 82.7 Å². The van der Waals surface area contributed by atoms with Gasteiger partial charge in [0.2, 0.25) is 10.0 Å². The summed E-state index contributed by atoms with van der Waals surface area (Å²) in [6, 6.07) is 10.4. The van der Waals surface area contributed by atoms with Crippen molar-refractivity contribution in [3.63, 3.8) is 0 Å². The second-order valence-electron chi connectivity index (χ2n) is 8.71. The number of nitrogens with zero attached hydrogens (tertiary/aromatic N) is 2. The first kappa shape index (κ1) is 22.4. The first-order valence-electron chi connectivity index (χ1n) is 10.7. The molecule has 0 atom stereocenters. The Morgan fingerprint density at radius 2 is 1.91 bits per heavy atom. The fourth-order valence-electron chi connectivity index (χ4n) is 4.20. The number of nitrogens with one attached hydrogen (secondary N) is 1. The highest BCUT2D eigenvalue weighted by Gasteiger charge is 2.30. The smallest absolute Gasteiger partial charge is 0.252 e. The number of fused-ring (bicyclic) bond motifs is 2. The molecule has 0 amide bonds. The maximum Gasteiger partial charge on any atom is 0.252 e. The first-order valence-corrected chi connectivity index (χ1v) is 12.1. The van der Waals surface area contributed by atoms with Gasteiger partial charge in [0.25, 0.3) is 5.56 Å². The van der Waals surface area contributed by atoms with Gasteiger partial charge in [0.1, 0.15) is 12.4 Å². The third kappa shape index (κ3) is 4.00. The summed E-state index contributed by atoms with van der Waals surface area (Å²) in [7, 11) is -1.90. The Bertz CT molecular complexity index is 1350. The molecule has 0 radical (unpaired) electrons. The lowest BCUT2D eigenvalue weighted by atomic mass is 10.1. The minimum absolute atomic E-state index is 0.0178. The SMILES string of the molecule is Cc1cc(C)c2[nH]c(=O)c(CN(C(C)C)S(=O)(=O)c3ccc4c(c3)OCCN4C)cc2c1. The number of benzene rings is 2. The lowest BCUT2D eigenvalue weighted by Gasteiger charge is -2.29. The summed E-state index contributed by atoms with van der Waals surface area (Å²) in [4.78, 5) is 17.9.